The van der Waals surface area contributed by atoms with Crippen molar-refractivity contribution >= 4 is 46.5 Å². The molecule has 1 aromatic heterocycles. The molecule has 0 radical (unpaired) electrons. The Morgan fingerprint density at radius 3 is 2.21 bits per heavy atom. The first kappa shape index (κ1) is 49.9. The van der Waals surface area contributed by atoms with Crippen LogP contribution in [-0.4, -0.2) is 84.2 Å². The molecule has 5 rings (SSSR count). The number of carbonyl (C=O) groups excluding carboxylic acids is 6. The van der Waals surface area contributed by atoms with E-state index >= 15 is 0 Å². The fourth-order valence-corrected chi connectivity index (χ4v) is 7.79. The number of fused-ring (bicyclic) bond motifs is 1. The lowest BCUT2D eigenvalue weighted by atomic mass is 9.87. The highest BCUT2D eigenvalue weighted by molar-refractivity contribution is 6.01. The lowest BCUT2D eigenvalue weighted by Crippen LogP contribution is -2.51. The summed E-state index contributed by atoms with van der Waals surface area (Å²) in [5, 5.41) is 35.7. The van der Waals surface area contributed by atoms with Gasteiger partial charge < -0.3 is 46.4 Å². The average Bonchev–Trinajstić information content (AvgIpc) is 3.71. The number of aromatic amines is 1. The molecule has 352 valence electrons. The van der Waals surface area contributed by atoms with Gasteiger partial charge in [0, 0.05) is 41.4 Å². The number of H-pyrrole nitrogens is 1. The van der Waals surface area contributed by atoms with Gasteiger partial charge in [-0.3, -0.25) is 24.0 Å². The Balaban J connectivity index is 1.16. The quantitative estimate of drug-likeness (QED) is 0.0840. The summed E-state index contributed by atoms with van der Waals surface area (Å²) in [6.45, 7) is 8.11. The van der Waals surface area contributed by atoms with E-state index in [0.717, 1.165) is 18.1 Å². The van der Waals surface area contributed by atoms with E-state index in [1.54, 1.807) is 24.3 Å². The van der Waals surface area contributed by atoms with E-state index in [1.165, 1.54) is 24.3 Å². The molecule has 2 fully saturated rings. The van der Waals surface area contributed by atoms with Gasteiger partial charge in [0.05, 0.1) is 12.1 Å². The van der Waals surface area contributed by atoms with Crippen LogP contribution < -0.4 is 36.6 Å². The number of alkyl halides is 3. The summed E-state index contributed by atoms with van der Waals surface area (Å²) in [5.74, 6) is -3.87. The number of benzene rings is 2. The van der Waals surface area contributed by atoms with Crippen molar-refractivity contribution in [3.05, 3.63) is 77.0 Å². The fourth-order valence-electron chi connectivity index (χ4n) is 7.79. The van der Waals surface area contributed by atoms with Crippen molar-refractivity contribution in [2.75, 3.05) is 13.1 Å². The Bertz CT molecular complexity index is 2370. The summed E-state index contributed by atoms with van der Waals surface area (Å²) in [7, 11) is 0. The second kappa shape index (κ2) is 22.7. The van der Waals surface area contributed by atoms with Crippen molar-refractivity contribution in [2.45, 2.75) is 109 Å². The molecule has 20 heteroatoms. The Morgan fingerprint density at radius 1 is 0.894 bits per heavy atom. The van der Waals surface area contributed by atoms with Gasteiger partial charge in [-0.2, -0.15) is 10.5 Å². The van der Waals surface area contributed by atoms with E-state index < -0.39 is 71.9 Å². The van der Waals surface area contributed by atoms with Gasteiger partial charge in [-0.15, -0.1) is 13.2 Å². The van der Waals surface area contributed by atoms with Crippen LogP contribution in [0.5, 0.6) is 5.75 Å². The maximum absolute atomic E-state index is 13.5. The summed E-state index contributed by atoms with van der Waals surface area (Å²) in [4.78, 5) is 80.8. The molecule has 0 bridgehead atoms. The largest absolute Gasteiger partial charge is 0.573 e. The molecule has 66 heavy (non-hydrogen) atoms. The van der Waals surface area contributed by atoms with E-state index in [1.807, 2.05) is 39.8 Å². The highest BCUT2D eigenvalue weighted by Gasteiger charge is 2.33. The van der Waals surface area contributed by atoms with Crippen LogP contribution in [-0.2, 0) is 30.5 Å². The molecule has 2 aromatic carbocycles. The summed E-state index contributed by atoms with van der Waals surface area (Å²) < 4.78 is 48.4. The summed E-state index contributed by atoms with van der Waals surface area (Å²) in [6, 6.07) is 11.9. The number of amides is 6. The molecule has 2 aliphatic rings. The van der Waals surface area contributed by atoms with E-state index in [9.17, 15) is 52.5 Å². The number of nitriles is 2. The monoisotopic (exact) mass is 917 g/mol. The molecule has 1 unspecified atom stereocenters. The Hall–Kier alpha value is -7.09. The topological polar surface area (TPSA) is 256 Å². The summed E-state index contributed by atoms with van der Waals surface area (Å²) in [6.07, 6.45) is -2.27. The third kappa shape index (κ3) is 14.5. The minimum absolute atomic E-state index is 0.00193. The van der Waals surface area contributed by atoms with Gasteiger partial charge >= 0.3 is 12.5 Å². The number of ether oxygens (including phenoxy) is 2. The van der Waals surface area contributed by atoms with E-state index in [2.05, 4.69) is 41.6 Å². The number of rotatable bonds is 18. The number of carbonyl (C=O) groups is 6. The van der Waals surface area contributed by atoms with Crippen LogP contribution in [0.2, 0.25) is 0 Å². The molecule has 0 saturated carbocycles. The molecule has 0 spiro atoms. The first-order chi connectivity index (χ1) is 31.3. The fraction of sp³-hybridized carbons (Fsp3) is 0.478. The number of hydrogen-bond acceptors (Lipinski definition) is 10. The molecular weight excluding hydrogens is 864 g/mol. The van der Waals surface area contributed by atoms with Crippen molar-refractivity contribution in [1.29, 1.82) is 10.5 Å². The van der Waals surface area contributed by atoms with Gasteiger partial charge in [-0.25, -0.2) is 4.79 Å². The molecule has 0 aliphatic carbocycles. The predicted molar refractivity (Wildman–Crippen MR) is 233 cm³/mol. The molecule has 3 aromatic rings. The number of alkyl carbamates (subject to hydrolysis) is 1. The zero-order valence-electron chi connectivity index (χ0n) is 37.0. The van der Waals surface area contributed by atoms with E-state index in [4.69, 9.17) is 4.74 Å². The summed E-state index contributed by atoms with van der Waals surface area (Å²) in [5.41, 5.74) is 1.77. The van der Waals surface area contributed by atoms with Gasteiger partial charge in [-0.05, 0) is 85.8 Å². The highest BCUT2D eigenvalue weighted by atomic mass is 19.4. The lowest BCUT2D eigenvalue weighted by molar-refractivity contribution is -0.274. The number of nitrogens with one attached hydrogen (secondary N) is 7. The van der Waals surface area contributed by atoms with Crippen molar-refractivity contribution in [2.24, 2.45) is 17.8 Å². The van der Waals surface area contributed by atoms with Crippen molar-refractivity contribution < 1.29 is 51.4 Å². The molecule has 7 N–H and O–H groups in total. The van der Waals surface area contributed by atoms with Gasteiger partial charge in [0.25, 0.3) is 5.91 Å². The Labute approximate surface area is 379 Å². The Kier molecular flexibility index (Phi) is 17.2. The van der Waals surface area contributed by atoms with Crippen LogP contribution in [0.1, 0.15) is 93.8 Å². The standard InChI is InChI=1S/C46H54F3N9O8/c1-25(2)15-36(57-44(63)38-20-34-35(56-38)8-5-9-39(34)66-46(47,48)49)42(61)55-33(22-51)19-30-17-31(23-53-41(30)60)28-12-10-27(11-13-28)24-65-45(64)58-37(16-26(3)4)43(62)54-32(21-50)18-29-7-6-14-52-40(29)59/h5,8-13,19-20,25-26,29,31-33,36-37,56H,6-7,14-18,23-24H2,1-4H3,(H,52,59)(H,53,60)(H,54,62)(H,55,61)(H,57,63)(H,58,64)/b30-19+/t29-,31?,32-,33-,36-,37-/m0/s1. The number of nitrogens with zero attached hydrogens (tertiary/aromatic N) is 2. The third-order valence-corrected chi connectivity index (χ3v) is 11.0. The first-order valence-corrected chi connectivity index (χ1v) is 21.7. The maximum atomic E-state index is 13.5. The number of aromatic nitrogens is 1. The molecule has 17 nitrogen and oxygen atoms in total. The van der Waals surface area contributed by atoms with Crippen LogP contribution in [0.4, 0.5) is 18.0 Å². The second-order valence-electron chi connectivity index (χ2n) is 17.2. The predicted octanol–water partition coefficient (Wildman–Crippen LogP) is 5.02. The number of halogens is 3. The molecule has 2 saturated heterocycles. The van der Waals surface area contributed by atoms with Crippen molar-refractivity contribution in [3.8, 4) is 17.9 Å². The lowest BCUT2D eigenvalue weighted by Gasteiger charge is -2.26. The van der Waals surface area contributed by atoms with E-state index in [0.29, 0.717) is 18.5 Å². The van der Waals surface area contributed by atoms with Crippen LogP contribution in [0.25, 0.3) is 10.9 Å². The molecule has 6 amide bonds. The minimum atomic E-state index is -4.96. The highest BCUT2D eigenvalue weighted by Crippen LogP contribution is 2.32. The number of piperidine rings is 2. The van der Waals surface area contributed by atoms with Crippen LogP contribution in [0.15, 0.2) is 60.2 Å². The van der Waals surface area contributed by atoms with Crippen molar-refractivity contribution in [3.63, 3.8) is 0 Å². The molecule has 3 heterocycles. The zero-order chi connectivity index (χ0) is 48.1. The van der Waals surface area contributed by atoms with Crippen molar-refractivity contribution in [1.82, 2.24) is 36.9 Å². The Morgan fingerprint density at radius 2 is 1.58 bits per heavy atom. The maximum Gasteiger partial charge on any atom is 0.573 e. The summed E-state index contributed by atoms with van der Waals surface area (Å²) >= 11 is 0. The second-order valence-corrected chi connectivity index (χ2v) is 17.2. The zero-order valence-corrected chi connectivity index (χ0v) is 37.0. The van der Waals surface area contributed by atoms with Gasteiger partial charge in [0.2, 0.25) is 23.6 Å². The van der Waals surface area contributed by atoms with Crippen LogP contribution >= 0.6 is 0 Å². The van der Waals surface area contributed by atoms with E-state index in [-0.39, 0.29) is 84.7 Å². The van der Waals surface area contributed by atoms with Crippen LogP contribution in [0, 0.1) is 40.4 Å². The third-order valence-electron chi connectivity index (χ3n) is 11.0. The van der Waals surface area contributed by atoms with Crippen LogP contribution in [0.3, 0.4) is 0 Å². The van der Waals surface area contributed by atoms with Gasteiger partial charge in [0.1, 0.15) is 42.2 Å². The minimum Gasteiger partial charge on any atom is -0.445 e. The number of hydrogen-bond donors (Lipinski definition) is 7. The molecular formula is C46H54F3N9O8. The molecule has 2 aliphatic heterocycles. The van der Waals surface area contributed by atoms with Gasteiger partial charge in [0.15, 0.2) is 0 Å². The normalized spacial score (nSPS) is 18.7. The van der Waals surface area contributed by atoms with Gasteiger partial charge in [-0.1, -0.05) is 58.0 Å². The molecule has 6 atom stereocenters. The first-order valence-electron chi connectivity index (χ1n) is 21.7. The SMILES string of the molecule is CC(C)C[C@H](NC(=O)OCc1ccc(C2CNC(=O)/C(=C/[C@@H](C#N)NC(=O)[C@H](CC(C)C)NC(=O)c3cc4c(OC(F)(F)F)cccc4[nH]3)C2)cc1)C(=O)N[C@H](C#N)C[C@@H]1CCCNC1=O. The smallest absolute Gasteiger partial charge is 0.445 e. The average molecular weight is 918 g/mol.